The van der Waals surface area contributed by atoms with Gasteiger partial charge in [0.1, 0.15) is 5.76 Å². The van der Waals surface area contributed by atoms with E-state index in [0.717, 1.165) is 17.7 Å². The normalized spacial score (nSPS) is 23.7. The van der Waals surface area contributed by atoms with Gasteiger partial charge in [-0.25, -0.2) is 0 Å². The molecule has 2 atom stereocenters. The summed E-state index contributed by atoms with van der Waals surface area (Å²) < 4.78 is 5.59. The smallest absolute Gasteiger partial charge is 0.289 e. The number of nitrogens with zero attached hydrogens (tertiary/aromatic N) is 1. The van der Waals surface area contributed by atoms with Crippen LogP contribution < -0.4 is 0 Å². The predicted octanol–water partition coefficient (Wildman–Crippen LogP) is 1.85. The minimum absolute atomic E-state index is 0.0550. The first-order valence-corrected chi connectivity index (χ1v) is 6.56. The van der Waals surface area contributed by atoms with Crippen molar-refractivity contribution in [2.45, 2.75) is 27.2 Å². The molecule has 4 nitrogen and oxygen atoms in total. The molecule has 0 aliphatic carbocycles. The maximum Gasteiger partial charge on any atom is 0.289 e. The monoisotopic (exact) mass is 251 g/mol. The van der Waals surface area contributed by atoms with E-state index in [0.29, 0.717) is 24.8 Å². The second-order valence-corrected chi connectivity index (χ2v) is 5.20. The standard InChI is InChI=1S/C14H21NO3/c1-4-12-9(2)5-13(18-12)14(17)15-6-10(3)11(7-15)8-16/h5,10-11,16H,4,6-8H2,1-3H3/t10-,11+/m1/s1. The van der Waals surface area contributed by atoms with Gasteiger partial charge in [0.15, 0.2) is 5.76 Å². The quantitative estimate of drug-likeness (QED) is 0.892. The third kappa shape index (κ3) is 2.29. The van der Waals surface area contributed by atoms with Crippen molar-refractivity contribution in [3.63, 3.8) is 0 Å². The Labute approximate surface area is 108 Å². The summed E-state index contributed by atoms with van der Waals surface area (Å²) in [5.41, 5.74) is 1.03. The molecule has 1 aromatic rings. The average Bonchev–Trinajstić information content (AvgIpc) is 2.91. The maximum absolute atomic E-state index is 12.3. The summed E-state index contributed by atoms with van der Waals surface area (Å²) in [6.07, 6.45) is 0.800. The fraction of sp³-hybridized carbons (Fsp3) is 0.643. The van der Waals surface area contributed by atoms with Crippen molar-refractivity contribution >= 4 is 5.91 Å². The second kappa shape index (κ2) is 5.14. The van der Waals surface area contributed by atoms with Gasteiger partial charge < -0.3 is 14.4 Å². The molecule has 0 unspecified atom stereocenters. The molecule has 2 rings (SSSR count). The zero-order valence-electron chi connectivity index (χ0n) is 11.3. The molecule has 1 saturated heterocycles. The molecule has 1 aliphatic heterocycles. The first-order chi connectivity index (χ1) is 8.56. The number of aliphatic hydroxyl groups excluding tert-OH is 1. The van der Waals surface area contributed by atoms with Gasteiger partial charge in [-0.1, -0.05) is 13.8 Å². The van der Waals surface area contributed by atoms with Crippen molar-refractivity contribution in [3.8, 4) is 0 Å². The number of carbonyl (C=O) groups is 1. The highest BCUT2D eigenvalue weighted by Gasteiger charge is 2.33. The van der Waals surface area contributed by atoms with E-state index in [1.807, 2.05) is 19.9 Å². The summed E-state index contributed by atoms with van der Waals surface area (Å²) in [6.45, 7) is 7.51. The summed E-state index contributed by atoms with van der Waals surface area (Å²) in [7, 11) is 0. The number of rotatable bonds is 3. The molecule has 1 aromatic heterocycles. The van der Waals surface area contributed by atoms with Crippen LogP contribution in [0.2, 0.25) is 0 Å². The van der Waals surface area contributed by atoms with E-state index in [-0.39, 0.29) is 18.4 Å². The van der Waals surface area contributed by atoms with Crippen LogP contribution in [0.5, 0.6) is 0 Å². The molecule has 2 heterocycles. The molecule has 0 bridgehead atoms. The molecule has 1 fully saturated rings. The zero-order valence-corrected chi connectivity index (χ0v) is 11.3. The van der Waals surface area contributed by atoms with Crippen molar-refractivity contribution in [2.24, 2.45) is 11.8 Å². The summed E-state index contributed by atoms with van der Waals surface area (Å²) in [4.78, 5) is 14.1. The van der Waals surface area contributed by atoms with Gasteiger partial charge in [0.2, 0.25) is 0 Å². The first-order valence-electron chi connectivity index (χ1n) is 6.56. The Morgan fingerprint density at radius 1 is 1.56 bits per heavy atom. The fourth-order valence-electron chi connectivity index (χ4n) is 2.57. The van der Waals surface area contributed by atoms with Gasteiger partial charge in [0, 0.05) is 32.0 Å². The molecule has 0 aromatic carbocycles. The lowest BCUT2D eigenvalue weighted by Crippen LogP contribution is -2.28. The van der Waals surface area contributed by atoms with Crippen LogP contribution in [0.3, 0.4) is 0 Å². The highest BCUT2D eigenvalue weighted by Crippen LogP contribution is 2.25. The second-order valence-electron chi connectivity index (χ2n) is 5.20. The van der Waals surface area contributed by atoms with Gasteiger partial charge in [0.05, 0.1) is 0 Å². The molecule has 0 spiro atoms. The molecule has 4 heteroatoms. The van der Waals surface area contributed by atoms with E-state index in [2.05, 4.69) is 6.92 Å². The van der Waals surface area contributed by atoms with Crippen molar-refractivity contribution in [3.05, 3.63) is 23.2 Å². The van der Waals surface area contributed by atoms with E-state index < -0.39 is 0 Å². The number of likely N-dealkylation sites (tertiary alicyclic amines) is 1. The molecule has 0 radical (unpaired) electrons. The van der Waals surface area contributed by atoms with Gasteiger partial charge in [-0.3, -0.25) is 4.79 Å². The van der Waals surface area contributed by atoms with Gasteiger partial charge >= 0.3 is 0 Å². The number of aliphatic hydroxyl groups is 1. The summed E-state index contributed by atoms with van der Waals surface area (Å²) in [6, 6.07) is 1.82. The van der Waals surface area contributed by atoms with Gasteiger partial charge in [-0.15, -0.1) is 0 Å². The van der Waals surface area contributed by atoms with Crippen LogP contribution in [0, 0.1) is 18.8 Å². The summed E-state index contributed by atoms with van der Waals surface area (Å²) >= 11 is 0. The lowest BCUT2D eigenvalue weighted by atomic mass is 10.00. The molecular formula is C14H21NO3. The Morgan fingerprint density at radius 2 is 2.28 bits per heavy atom. The van der Waals surface area contributed by atoms with Crippen LogP contribution in [0.25, 0.3) is 0 Å². The Bertz CT molecular complexity index is 438. The summed E-state index contributed by atoms with van der Waals surface area (Å²) in [5.74, 6) is 1.79. The molecule has 100 valence electrons. The van der Waals surface area contributed by atoms with Crippen molar-refractivity contribution in [2.75, 3.05) is 19.7 Å². The van der Waals surface area contributed by atoms with E-state index in [1.165, 1.54) is 0 Å². The van der Waals surface area contributed by atoms with Crippen molar-refractivity contribution in [1.29, 1.82) is 0 Å². The maximum atomic E-state index is 12.3. The van der Waals surface area contributed by atoms with Crippen molar-refractivity contribution in [1.82, 2.24) is 4.90 Å². The SMILES string of the molecule is CCc1oc(C(=O)N2C[C@@H](CO)[C@H](C)C2)cc1C. The van der Waals surface area contributed by atoms with Crippen LogP contribution >= 0.6 is 0 Å². The molecule has 1 N–H and O–H groups in total. The Kier molecular flexibility index (Phi) is 3.76. The van der Waals surface area contributed by atoms with Crippen LogP contribution in [-0.4, -0.2) is 35.6 Å². The Morgan fingerprint density at radius 3 is 2.78 bits per heavy atom. The third-order valence-electron chi connectivity index (χ3n) is 3.84. The predicted molar refractivity (Wildman–Crippen MR) is 68.5 cm³/mol. The van der Waals surface area contributed by atoms with Crippen LogP contribution in [0.4, 0.5) is 0 Å². The zero-order chi connectivity index (χ0) is 13.3. The van der Waals surface area contributed by atoms with Crippen LogP contribution in [-0.2, 0) is 6.42 Å². The highest BCUT2D eigenvalue weighted by molar-refractivity contribution is 5.92. The largest absolute Gasteiger partial charge is 0.456 e. The highest BCUT2D eigenvalue weighted by atomic mass is 16.4. The molecule has 0 saturated carbocycles. The fourth-order valence-corrected chi connectivity index (χ4v) is 2.57. The van der Waals surface area contributed by atoms with Gasteiger partial charge in [-0.05, 0) is 24.5 Å². The van der Waals surface area contributed by atoms with Gasteiger partial charge in [0.25, 0.3) is 5.91 Å². The lowest BCUT2D eigenvalue weighted by molar-refractivity contribution is 0.0747. The van der Waals surface area contributed by atoms with E-state index in [1.54, 1.807) is 4.90 Å². The van der Waals surface area contributed by atoms with Crippen LogP contribution in [0.1, 0.15) is 35.7 Å². The molecular weight excluding hydrogens is 230 g/mol. The average molecular weight is 251 g/mol. The van der Waals surface area contributed by atoms with E-state index in [9.17, 15) is 9.90 Å². The van der Waals surface area contributed by atoms with Crippen LogP contribution in [0.15, 0.2) is 10.5 Å². The lowest BCUT2D eigenvalue weighted by Gasteiger charge is -2.14. The molecule has 18 heavy (non-hydrogen) atoms. The number of amides is 1. The van der Waals surface area contributed by atoms with Crippen molar-refractivity contribution < 1.29 is 14.3 Å². The number of carbonyl (C=O) groups excluding carboxylic acids is 1. The summed E-state index contributed by atoms with van der Waals surface area (Å²) in [5, 5.41) is 9.23. The minimum atomic E-state index is -0.0550. The van der Waals surface area contributed by atoms with E-state index in [4.69, 9.17) is 4.42 Å². The Hall–Kier alpha value is -1.29. The minimum Gasteiger partial charge on any atom is -0.456 e. The topological polar surface area (TPSA) is 53.7 Å². The number of hydrogen-bond donors (Lipinski definition) is 1. The third-order valence-corrected chi connectivity index (χ3v) is 3.84. The number of furan rings is 1. The number of aryl methyl sites for hydroxylation is 2. The molecule has 1 amide bonds. The van der Waals surface area contributed by atoms with E-state index >= 15 is 0 Å². The number of hydrogen-bond acceptors (Lipinski definition) is 3. The van der Waals surface area contributed by atoms with Gasteiger partial charge in [-0.2, -0.15) is 0 Å². The molecule has 1 aliphatic rings. The first kappa shape index (κ1) is 13.1. The Balaban J connectivity index is 2.12.